The second-order valence-corrected chi connectivity index (χ2v) is 15.7. The topological polar surface area (TPSA) is 16.4 Å². The van der Waals surface area contributed by atoms with Gasteiger partial charge in [0.05, 0.1) is 5.69 Å². The van der Waals surface area contributed by atoms with Crippen molar-refractivity contribution in [3.05, 3.63) is 211 Å². The standard InChI is InChI=1S/C55H39NO/c1-55(2)50-25-15-14-23-44(50)45-31-30-41(33-51(45)55)56(40-28-26-37(27-29-40)36-16-6-3-7-17-36)42-32-48(39-20-10-5-11-21-39)53-49-35-47(38-18-8-4-9-19-38)43-22-12-13-24-46(43)54(49)57-52(53)34-42/h3-35H,1-2H3. The van der Waals surface area contributed by atoms with E-state index in [2.05, 4.69) is 219 Å². The van der Waals surface area contributed by atoms with Crippen LogP contribution in [0.2, 0.25) is 0 Å². The van der Waals surface area contributed by atoms with Crippen LogP contribution in [0.25, 0.3) is 77.2 Å². The Morgan fingerprint density at radius 1 is 0.368 bits per heavy atom. The van der Waals surface area contributed by atoms with E-state index < -0.39 is 0 Å². The van der Waals surface area contributed by atoms with Gasteiger partial charge >= 0.3 is 0 Å². The first-order valence-corrected chi connectivity index (χ1v) is 19.8. The predicted octanol–water partition coefficient (Wildman–Crippen LogP) is 15.5. The van der Waals surface area contributed by atoms with Crippen LogP contribution in [0.15, 0.2) is 205 Å². The second-order valence-electron chi connectivity index (χ2n) is 15.7. The van der Waals surface area contributed by atoms with Crippen LogP contribution in [-0.4, -0.2) is 0 Å². The van der Waals surface area contributed by atoms with E-state index in [1.54, 1.807) is 0 Å². The summed E-state index contributed by atoms with van der Waals surface area (Å²) >= 11 is 0. The zero-order valence-corrected chi connectivity index (χ0v) is 31.9. The molecule has 0 atom stereocenters. The fourth-order valence-corrected chi connectivity index (χ4v) is 9.26. The minimum absolute atomic E-state index is 0.139. The van der Waals surface area contributed by atoms with Gasteiger partial charge in [0.2, 0.25) is 0 Å². The maximum atomic E-state index is 7.08. The average Bonchev–Trinajstić information content (AvgIpc) is 3.76. The summed E-state index contributed by atoms with van der Waals surface area (Å²) in [5.41, 5.74) is 17.2. The van der Waals surface area contributed by atoms with Gasteiger partial charge in [-0.2, -0.15) is 0 Å². The van der Waals surface area contributed by atoms with Crippen LogP contribution in [0.3, 0.4) is 0 Å². The third-order valence-corrected chi connectivity index (χ3v) is 12.0. The van der Waals surface area contributed by atoms with Gasteiger partial charge in [-0.25, -0.2) is 0 Å². The first-order valence-electron chi connectivity index (χ1n) is 19.8. The summed E-state index contributed by atoms with van der Waals surface area (Å²) in [6, 6.07) is 72.5. The highest BCUT2D eigenvalue weighted by Crippen LogP contribution is 2.52. The molecule has 1 aromatic heterocycles. The van der Waals surface area contributed by atoms with Crippen LogP contribution in [0.5, 0.6) is 0 Å². The molecule has 0 unspecified atom stereocenters. The molecule has 270 valence electrons. The third kappa shape index (κ3) is 5.33. The van der Waals surface area contributed by atoms with Crippen molar-refractivity contribution in [2.75, 3.05) is 4.90 Å². The maximum absolute atomic E-state index is 7.08. The largest absolute Gasteiger partial charge is 0.455 e. The van der Waals surface area contributed by atoms with Gasteiger partial charge in [0.25, 0.3) is 0 Å². The van der Waals surface area contributed by atoms with E-state index in [1.165, 1.54) is 49.9 Å². The minimum Gasteiger partial charge on any atom is -0.455 e. The lowest BCUT2D eigenvalue weighted by Crippen LogP contribution is -2.16. The summed E-state index contributed by atoms with van der Waals surface area (Å²) in [7, 11) is 0. The van der Waals surface area contributed by atoms with E-state index >= 15 is 0 Å². The molecule has 11 rings (SSSR count). The lowest BCUT2D eigenvalue weighted by molar-refractivity contribution is 0.660. The molecule has 1 aliphatic carbocycles. The molecule has 57 heavy (non-hydrogen) atoms. The van der Waals surface area contributed by atoms with E-state index in [1.807, 2.05) is 0 Å². The zero-order chi connectivity index (χ0) is 38.1. The molecule has 0 aliphatic heterocycles. The Morgan fingerprint density at radius 3 is 1.65 bits per heavy atom. The summed E-state index contributed by atoms with van der Waals surface area (Å²) in [4.78, 5) is 2.40. The molecular weight excluding hydrogens is 691 g/mol. The fourth-order valence-electron chi connectivity index (χ4n) is 9.26. The molecule has 1 aliphatic rings. The molecule has 0 fully saturated rings. The number of rotatable bonds is 6. The smallest absolute Gasteiger partial charge is 0.143 e. The molecule has 10 aromatic rings. The quantitative estimate of drug-likeness (QED) is 0.169. The molecule has 0 spiro atoms. The summed E-state index contributed by atoms with van der Waals surface area (Å²) in [5.74, 6) is 0. The highest BCUT2D eigenvalue weighted by atomic mass is 16.3. The Labute approximate surface area is 332 Å². The molecule has 2 nitrogen and oxygen atoms in total. The van der Waals surface area contributed by atoms with Crippen LogP contribution in [0.4, 0.5) is 17.1 Å². The monoisotopic (exact) mass is 729 g/mol. The Hall–Kier alpha value is -7.16. The lowest BCUT2D eigenvalue weighted by atomic mass is 9.82. The molecule has 2 heteroatoms. The normalized spacial score (nSPS) is 12.9. The van der Waals surface area contributed by atoms with Crippen LogP contribution < -0.4 is 4.90 Å². The van der Waals surface area contributed by atoms with Crippen LogP contribution >= 0.6 is 0 Å². The molecule has 9 aromatic carbocycles. The van der Waals surface area contributed by atoms with E-state index in [9.17, 15) is 0 Å². The van der Waals surface area contributed by atoms with E-state index in [0.717, 1.165) is 55.5 Å². The molecular formula is C55H39NO. The van der Waals surface area contributed by atoms with Crippen molar-refractivity contribution >= 4 is 49.8 Å². The highest BCUT2D eigenvalue weighted by molar-refractivity contribution is 6.22. The van der Waals surface area contributed by atoms with Gasteiger partial charge in [0.15, 0.2) is 0 Å². The van der Waals surface area contributed by atoms with E-state index in [0.29, 0.717) is 0 Å². The Balaban J connectivity index is 1.18. The summed E-state index contributed by atoms with van der Waals surface area (Å²) in [6.07, 6.45) is 0. The Kier molecular flexibility index (Phi) is 7.55. The third-order valence-electron chi connectivity index (χ3n) is 12.0. The van der Waals surface area contributed by atoms with Crippen molar-refractivity contribution in [3.63, 3.8) is 0 Å². The predicted molar refractivity (Wildman–Crippen MR) is 240 cm³/mol. The fraction of sp³-hybridized carbons (Fsp3) is 0.0545. The number of anilines is 3. The number of nitrogens with zero attached hydrogens (tertiary/aromatic N) is 1. The number of hydrogen-bond acceptors (Lipinski definition) is 2. The van der Waals surface area contributed by atoms with E-state index in [-0.39, 0.29) is 5.41 Å². The van der Waals surface area contributed by atoms with Gasteiger partial charge in [-0.1, -0.05) is 172 Å². The van der Waals surface area contributed by atoms with Gasteiger partial charge in [0, 0.05) is 39.0 Å². The van der Waals surface area contributed by atoms with Crippen LogP contribution in [0.1, 0.15) is 25.0 Å². The number of furan rings is 1. The molecule has 0 saturated heterocycles. The van der Waals surface area contributed by atoms with Gasteiger partial charge in [-0.05, 0) is 97.4 Å². The first kappa shape index (κ1) is 33.2. The van der Waals surface area contributed by atoms with Crippen molar-refractivity contribution in [3.8, 4) is 44.5 Å². The van der Waals surface area contributed by atoms with Crippen molar-refractivity contribution in [2.45, 2.75) is 19.3 Å². The molecule has 0 amide bonds. The Morgan fingerprint density at radius 2 is 0.930 bits per heavy atom. The number of hydrogen-bond donors (Lipinski definition) is 0. The summed E-state index contributed by atoms with van der Waals surface area (Å²) in [6.45, 7) is 4.70. The Bertz CT molecular complexity index is 3120. The molecule has 1 heterocycles. The van der Waals surface area contributed by atoms with Crippen LogP contribution in [-0.2, 0) is 5.41 Å². The molecule has 0 saturated carbocycles. The molecule has 0 radical (unpaired) electrons. The van der Waals surface area contributed by atoms with Crippen molar-refractivity contribution in [1.29, 1.82) is 0 Å². The van der Waals surface area contributed by atoms with E-state index in [4.69, 9.17) is 4.42 Å². The van der Waals surface area contributed by atoms with Gasteiger partial charge < -0.3 is 9.32 Å². The first-order chi connectivity index (χ1) is 28.0. The summed E-state index contributed by atoms with van der Waals surface area (Å²) in [5, 5.41) is 4.52. The van der Waals surface area contributed by atoms with Crippen molar-refractivity contribution in [1.82, 2.24) is 0 Å². The van der Waals surface area contributed by atoms with Gasteiger partial charge in [0.1, 0.15) is 11.2 Å². The van der Waals surface area contributed by atoms with Crippen molar-refractivity contribution in [2.24, 2.45) is 0 Å². The number of benzene rings is 9. The SMILES string of the molecule is CC1(C)c2ccccc2-c2ccc(N(c3ccc(-c4ccccc4)cc3)c3cc(-c4ccccc4)c4c(c3)oc3c5ccccc5c(-c5ccccc5)cc34)cc21. The maximum Gasteiger partial charge on any atom is 0.143 e. The molecule has 0 N–H and O–H groups in total. The zero-order valence-electron chi connectivity index (χ0n) is 31.9. The lowest BCUT2D eigenvalue weighted by Gasteiger charge is -2.28. The minimum atomic E-state index is -0.139. The summed E-state index contributed by atoms with van der Waals surface area (Å²) < 4.78 is 7.08. The van der Waals surface area contributed by atoms with Crippen LogP contribution in [0, 0.1) is 0 Å². The van der Waals surface area contributed by atoms with Gasteiger partial charge in [-0.3, -0.25) is 0 Å². The second kappa shape index (κ2) is 13.0. The highest BCUT2D eigenvalue weighted by Gasteiger charge is 2.36. The molecule has 0 bridgehead atoms. The van der Waals surface area contributed by atoms with Gasteiger partial charge in [-0.15, -0.1) is 0 Å². The van der Waals surface area contributed by atoms with Crippen molar-refractivity contribution < 1.29 is 4.42 Å². The average molecular weight is 730 g/mol. The number of fused-ring (bicyclic) bond motifs is 8.